The van der Waals surface area contributed by atoms with Gasteiger partial charge in [-0.1, -0.05) is 19.1 Å². The number of nitrogens with zero attached hydrogens (tertiary/aromatic N) is 2. The SMILES string of the molecule is CCCNCc1coc(N(C)c2cccc(C)c2)n1. The molecule has 0 aliphatic carbocycles. The molecule has 4 heteroatoms. The number of aryl methyl sites for hydroxylation is 1. The van der Waals surface area contributed by atoms with E-state index in [0.29, 0.717) is 6.01 Å². The third-order valence-corrected chi connectivity index (χ3v) is 2.95. The van der Waals surface area contributed by atoms with E-state index in [1.165, 1.54) is 5.56 Å². The van der Waals surface area contributed by atoms with E-state index >= 15 is 0 Å². The largest absolute Gasteiger partial charge is 0.431 e. The Kier molecular flexibility index (Phi) is 4.58. The van der Waals surface area contributed by atoms with Gasteiger partial charge in [0, 0.05) is 19.3 Å². The van der Waals surface area contributed by atoms with Gasteiger partial charge in [-0.2, -0.15) is 4.98 Å². The Labute approximate surface area is 114 Å². The Hall–Kier alpha value is -1.81. The summed E-state index contributed by atoms with van der Waals surface area (Å²) in [7, 11) is 1.96. The number of nitrogens with one attached hydrogen (secondary N) is 1. The standard InChI is InChI=1S/C15H21N3O/c1-4-8-16-10-13-11-19-15(17-13)18(3)14-7-5-6-12(2)9-14/h5-7,9,11,16H,4,8,10H2,1-3H3. The van der Waals surface area contributed by atoms with Crippen LogP contribution in [0.2, 0.25) is 0 Å². The molecule has 0 bridgehead atoms. The van der Waals surface area contributed by atoms with Crippen LogP contribution in [0, 0.1) is 6.92 Å². The van der Waals surface area contributed by atoms with Crippen molar-refractivity contribution in [2.24, 2.45) is 0 Å². The van der Waals surface area contributed by atoms with Gasteiger partial charge in [-0.3, -0.25) is 4.90 Å². The molecule has 0 aliphatic rings. The predicted molar refractivity (Wildman–Crippen MR) is 77.7 cm³/mol. The second-order valence-corrected chi connectivity index (χ2v) is 4.70. The minimum absolute atomic E-state index is 0.624. The first-order chi connectivity index (χ1) is 9.20. The summed E-state index contributed by atoms with van der Waals surface area (Å²) in [6.07, 6.45) is 2.83. The first-order valence-electron chi connectivity index (χ1n) is 6.66. The van der Waals surface area contributed by atoms with Crippen molar-refractivity contribution in [1.29, 1.82) is 0 Å². The monoisotopic (exact) mass is 259 g/mol. The van der Waals surface area contributed by atoms with Gasteiger partial charge in [-0.15, -0.1) is 0 Å². The van der Waals surface area contributed by atoms with Crippen molar-refractivity contribution in [2.75, 3.05) is 18.5 Å². The van der Waals surface area contributed by atoms with Crippen molar-refractivity contribution in [3.8, 4) is 0 Å². The first-order valence-corrected chi connectivity index (χ1v) is 6.66. The molecule has 0 saturated carbocycles. The number of hydrogen-bond donors (Lipinski definition) is 1. The average Bonchev–Trinajstić information content (AvgIpc) is 2.87. The summed E-state index contributed by atoms with van der Waals surface area (Å²) in [6, 6.07) is 8.89. The Balaban J connectivity index is 2.05. The maximum Gasteiger partial charge on any atom is 0.301 e. The molecule has 0 radical (unpaired) electrons. The van der Waals surface area contributed by atoms with Gasteiger partial charge in [0.15, 0.2) is 0 Å². The van der Waals surface area contributed by atoms with E-state index < -0.39 is 0 Å². The number of hydrogen-bond acceptors (Lipinski definition) is 4. The maximum atomic E-state index is 5.53. The third-order valence-electron chi connectivity index (χ3n) is 2.95. The summed E-state index contributed by atoms with van der Waals surface area (Å²) in [4.78, 5) is 6.44. The normalized spacial score (nSPS) is 10.7. The fourth-order valence-corrected chi connectivity index (χ4v) is 1.87. The molecule has 1 aromatic heterocycles. The highest BCUT2D eigenvalue weighted by Gasteiger charge is 2.10. The van der Waals surface area contributed by atoms with Crippen molar-refractivity contribution < 1.29 is 4.42 Å². The first kappa shape index (κ1) is 13.6. The van der Waals surface area contributed by atoms with Gasteiger partial charge in [0.2, 0.25) is 0 Å². The van der Waals surface area contributed by atoms with Crippen LogP contribution in [0.3, 0.4) is 0 Å². The highest BCUT2D eigenvalue weighted by Crippen LogP contribution is 2.23. The second kappa shape index (κ2) is 6.38. The minimum atomic E-state index is 0.624. The molecule has 0 fully saturated rings. The smallest absolute Gasteiger partial charge is 0.301 e. The van der Waals surface area contributed by atoms with Crippen molar-refractivity contribution in [2.45, 2.75) is 26.8 Å². The highest BCUT2D eigenvalue weighted by atomic mass is 16.4. The number of aromatic nitrogens is 1. The Morgan fingerprint density at radius 2 is 2.21 bits per heavy atom. The van der Waals surface area contributed by atoms with Crippen LogP contribution in [0.1, 0.15) is 24.6 Å². The van der Waals surface area contributed by atoms with Gasteiger partial charge in [-0.25, -0.2) is 0 Å². The van der Waals surface area contributed by atoms with Gasteiger partial charge >= 0.3 is 6.01 Å². The van der Waals surface area contributed by atoms with Gasteiger partial charge in [0.05, 0.1) is 5.69 Å². The quantitative estimate of drug-likeness (QED) is 0.808. The van der Waals surface area contributed by atoms with Crippen LogP contribution >= 0.6 is 0 Å². The van der Waals surface area contributed by atoms with Crippen LogP contribution in [-0.4, -0.2) is 18.6 Å². The van der Waals surface area contributed by atoms with E-state index in [0.717, 1.165) is 30.9 Å². The molecule has 0 atom stereocenters. The lowest BCUT2D eigenvalue weighted by Crippen LogP contribution is -2.14. The predicted octanol–water partition coefficient (Wildman–Crippen LogP) is 3.25. The van der Waals surface area contributed by atoms with E-state index in [2.05, 4.69) is 36.3 Å². The molecule has 102 valence electrons. The molecule has 1 heterocycles. The molecular formula is C15H21N3O. The van der Waals surface area contributed by atoms with E-state index in [1.807, 2.05) is 24.1 Å². The Bertz CT molecular complexity index is 522. The lowest BCUT2D eigenvalue weighted by atomic mass is 10.2. The zero-order valence-corrected chi connectivity index (χ0v) is 11.8. The van der Waals surface area contributed by atoms with Crippen LogP contribution in [0.25, 0.3) is 0 Å². The van der Waals surface area contributed by atoms with E-state index in [1.54, 1.807) is 6.26 Å². The summed E-state index contributed by atoms with van der Waals surface area (Å²) < 4.78 is 5.53. The van der Waals surface area contributed by atoms with Crippen LogP contribution in [0.5, 0.6) is 0 Å². The van der Waals surface area contributed by atoms with Crippen LogP contribution < -0.4 is 10.2 Å². The molecule has 1 N–H and O–H groups in total. The molecule has 0 aliphatic heterocycles. The fourth-order valence-electron chi connectivity index (χ4n) is 1.87. The van der Waals surface area contributed by atoms with Crippen molar-refractivity contribution in [3.05, 3.63) is 41.8 Å². The number of oxazole rings is 1. The Morgan fingerprint density at radius 3 is 2.95 bits per heavy atom. The maximum absolute atomic E-state index is 5.53. The topological polar surface area (TPSA) is 41.3 Å². The summed E-state index contributed by atoms with van der Waals surface area (Å²) >= 11 is 0. The molecule has 19 heavy (non-hydrogen) atoms. The lowest BCUT2D eigenvalue weighted by molar-refractivity contribution is 0.557. The van der Waals surface area contributed by atoms with Crippen LogP contribution in [-0.2, 0) is 6.54 Å². The second-order valence-electron chi connectivity index (χ2n) is 4.70. The molecule has 1 aromatic carbocycles. The molecule has 0 amide bonds. The number of anilines is 2. The van der Waals surface area contributed by atoms with Crippen molar-refractivity contribution in [1.82, 2.24) is 10.3 Å². The summed E-state index contributed by atoms with van der Waals surface area (Å²) in [5.41, 5.74) is 3.23. The zero-order valence-electron chi connectivity index (χ0n) is 11.8. The molecule has 0 spiro atoms. The lowest BCUT2D eigenvalue weighted by Gasteiger charge is -2.14. The van der Waals surface area contributed by atoms with Gasteiger partial charge in [0.1, 0.15) is 6.26 Å². The van der Waals surface area contributed by atoms with E-state index in [4.69, 9.17) is 4.42 Å². The average molecular weight is 259 g/mol. The van der Waals surface area contributed by atoms with Gasteiger partial charge < -0.3 is 9.73 Å². The summed E-state index contributed by atoms with van der Waals surface area (Å²) in [5, 5.41) is 3.31. The molecule has 2 aromatic rings. The zero-order chi connectivity index (χ0) is 13.7. The molecule has 4 nitrogen and oxygen atoms in total. The minimum Gasteiger partial charge on any atom is -0.431 e. The highest BCUT2D eigenvalue weighted by molar-refractivity contribution is 5.56. The van der Waals surface area contributed by atoms with Crippen molar-refractivity contribution in [3.63, 3.8) is 0 Å². The molecular weight excluding hydrogens is 238 g/mol. The molecule has 0 unspecified atom stereocenters. The van der Waals surface area contributed by atoms with Gasteiger partial charge in [-0.05, 0) is 37.6 Å². The van der Waals surface area contributed by atoms with Crippen LogP contribution in [0.4, 0.5) is 11.7 Å². The fraction of sp³-hybridized carbons (Fsp3) is 0.400. The van der Waals surface area contributed by atoms with E-state index in [9.17, 15) is 0 Å². The summed E-state index contributed by atoms with van der Waals surface area (Å²) in [5.74, 6) is 0. The molecule has 0 saturated heterocycles. The van der Waals surface area contributed by atoms with Crippen LogP contribution in [0.15, 0.2) is 34.9 Å². The number of benzene rings is 1. The third kappa shape index (κ3) is 3.58. The molecule has 2 rings (SSSR count). The number of rotatable bonds is 6. The van der Waals surface area contributed by atoms with Crippen molar-refractivity contribution >= 4 is 11.7 Å². The van der Waals surface area contributed by atoms with Gasteiger partial charge in [0.25, 0.3) is 0 Å². The summed E-state index contributed by atoms with van der Waals surface area (Å²) in [6.45, 7) is 5.97. The Morgan fingerprint density at radius 1 is 1.37 bits per heavy atom. The van der Waals surface area contributed by atoms with E-state index in [-0.39, 0.29) is 0 Å².